The van der Waals surface area contributed by atoms with Crippen LogP contribution in [-0.4, -0.2) is 34.9 Å². The van der Waals surface area contributed by atoms with Gasteiger partial charge in [0.15, 0.2) is 17.1 Å². The van der Waals surface area contributed by atoms with Crippen LogP contribution < -0.4 is 9.47 Å². The highest BCUT2D eigenvalue weighted by atomic mass is 31.2. The largest absolute Gasteiger partial charge is 0.504 e. The number of phenolic OH excluding ortho intramolecular Hbond substituents is 1. The minimum Gasteiger partial charge on any atom is -0.504 e. The Morgan fingerprint density at radius 1 is 1.17 bits per heavy atom. The molecule has 3 N–H and O–H groups in total. The van der Waals surface area contributed by atoms with Crippen molar-refractivity contribution in [2.45, 2.75) is 6.16 Å². The highest BCUT2D eigenvalue weighted by Gasteiger charge is 2.26. The molecule has 8 nitrogen and oxygen atoms in total. The second kappa shape index (κ2) is 8.13. The Bertz CT molecular complexity index is 1140. The molecule has 2 aromatic carbocycles. The number of methoxy groups -OCH3 is 2. The number of fused-ring (bicyclic) bond motifs is 1. The molecule has 152 valence electrons. The van der Waals surface area contributed by atoms with Gasteiger partial charge in [0.05, 0.1) is 32.0 Å². The Morgan fingerprint density at radius 2 is 1.90 bits per heavy atom. The molecule has 0 aliphatic rings. The number of rotatable bonds is 7. The summed E-state index contributed by atoms with van der Waals surface area (Å²) in [5.74, 6) is -0.777. The fourth-order valence-electron chi connectivity index (χ4n) is 3.05. The van der Waals surface area contributed by atoms with Gasteiger partial charge in [-0.15, -0.1) is 0 Å². The van der Waals surface area contributed by atoms with E-state index in [1.807, 2.05) is 0 Å². The molecule has 0 fully saturated rings. The normalized spacial score (nSPS) is 11.9. The standard InChI is InChI=1S/C20H19O8P/c1-26-18-14-8-9-28-19(14)20(27-2)17(22)16(18)15(21)7-6-12-4-3-5-13(10-12)11-29(23,24)25/h3-10,22H,11H2,1-2H3,(H2,23,24,25). The van der Waals surface area contributed by atoms with Crippen molar-refractivity contribution in [2.75, 3.05) is 14.2 Å². The summed E-state index contributed by atoms with van der Waals surface area (Å²) in [5, 5.41) is 11.0. The highest BCUT2D eigenvalue weighted by molar-refractivity contribution is 7.50. The van der Waals surface area contributed by atoms with Gasteiger partial charge in [0.25, 0.3) is 0 Å². The lowest BCUT2D eigenvalue weighted by molar-refractivity contribution is 0.104. The van der Waals surface area contributed by atoms with Crippen molar-refractivity contribution in [1.82, 2.24) is 0 Å². The maximum atomic E-state index is 12.8. The summed E-state index contributed by atoms with van der Waals surface area (Å²) >= 11 is 0. The van der Waals surface area contributed by atoms with E-state index in [4.69, 9.17) is 23.7 Å². The number of hydrogen-bond acceptors (Lipinski definition) is 6. The van der Waals surface area contributed by atoms with Gasteiger partial charge < -0.3 is 28.8 Å². The smallest absolute Gasteiger partial charge is 0.329 e. The van der Waals surface area contributed by atoms with Crippen molar-refractivity contribution < 1.29 is 38.1 Å². The van der Waals surface area contributed by atoms with Gasteiger partial charge in [-0.2, -0.15) is 0 Å². The second-order valence-electron chi connectivity index (χ2n) is 6.22. The first-order valence-electron chi connectivity index (χ1n) is 8.45. The van der Waals surface area contributed by atoms with E-state index < -0.39 is 25.3 Å². The molecule has 0 spiro atoms. The van der Waals surface area contributed by atoms with E-state index in [1.165, 1.54) is 32.6 Å². The third-order valence-corrected chi connectivity index (χ3v) is 4.99. The molecule has 1 heterocycles. The molecule has 3 aromatic rings. The maximum Gasteiger partial charge on any atom is 0.329 e. The molecule has 0 atom stereocenters. The van der Waals surface area contributed by atoms with Crippen LogP contribution in [-0.2, 0) is 10.7 Å². The van der Waals surface area contributed by atoms with E-state index in [2.05, 4.69) is 0 Å². The Kier molecular flexibility index (Phi) is 5.79. The van der Waals surface area contributed by atoms with E-state index in [-0.39, 0.29) is 22.6 Å². The first-order valence-corrected chi connectivity index (χ1v) is 10.2. The van der Waals surface area contributed by atoms with Crippen LogP contribution in [0.2, 0.25) is 0 Å². The number of aromatic hydroxyl groups is 1. The maximum absolute atomic E-state index is 12.8. The summed E-state index contributed by atoms with van der Waals surface area (Å²) in [6, 6.07) is 8.07. The number of carbonyl (C=O) groups excluding carboxylic acids is 1. The minimum atomic E-state index is -4.20. The van der Waals surface area contributed by atoms with E-state index in [9.17, 15) is 14.5 Å². The molecule has 9 heteroatoms. The third kappa shape index (κ3) is 4.35. The number of furan rings is 1. The predicted octanol–water partition coefficient (Wildman–Crippen LogP) is 3.73. The Labute approximate surface area is 166 Å². The number of ether oxygens (including phenoxy) is 2. The Balaban J connectivity index is 1.99. The third-order valence-electron chi connectivity index (χ3n) is 4.22. The van der Waals surface area contributed by atoms with Gasteiger partial charge >= 0.3 is 7.60 Å². The van der Waals surface area contributed by atoms with E-state index >= 15 is 0 Å². The fourth-order valence-corrected chi connectivity index (χ4v) is 3.72. The molecule has 0 bridgehead atoms. The SMILES string of the molecule is COc1c(C(=O)C=Cc2cccc(CP(=O)(O)O)c2)c(O)c(OC)c2occc12. The molecule has 0 saturated heterocycles. The van der Waals surface area contributed by atoms with Gasteiger partial charge in [-0.3, -0.25) is 9.36 Å². The number of carbonyl (C=O) groups is 1. The van der Waals surface area contributed by atoms with Gasteiger partial charge in [0.2, 0.25) is 5.75 Å². The number of phenols is 1. The van der Waals surface area contributed by atoms with Gasteiger partial charge in [-0.25, -0.2) is 0 Å². The summed E-state index contributed by atoms with van der Waals surface area (Å²) in [7, 11) is -1.48. The van der Waals surface area contributed by atoms with Crippen molar-refractivity contribution >= 4 is 30.4 Å². The number of allylic oxidation sites excluding steroid dienone is 1. The molecule has 0 radical (unpaired) electrons. The minimum absolute atomic E-state index is 0.0196. The molecule has 0 saturated carbocycles. The summed E-state index contributed by atoms with van der Waals surface area (Å²) in [5.41, 5.74) is 1.18. The lowest BCUT2D eigenvalue weighted by Gasteiger charge is -2.13. The predicted molar refractivity (Wildman–Crippen MR) is 107 cm³/mol. The van der Waals surface area contributed by atoms with Crippen molar-refractivity contribution in [3.8, 4) is 17.2 Å². The van der Waals surface area contributed by atoms with Gasteiger partial charge in [0.1, 0.15) is 11.3 Å². The second-order valence-corrected chi connectivity index (χ2v) is 7.86. The van der Waals surface area contributed by atoms with Crippen molar-refractivity contribution in [1.29, 1.82) is 0 Å². The van der Waals surface area contributed by atoms with Crippen LogP contribution in [0.15, 0.2) is 47.1 Å². The Morgan fingerprint density at radius 3 is 2.55 bits per heavy atom. The van der Waals surface area contributed by atoms with Crippen LogP contribution in [0.5, 0.6) is 17.2 Å². The topological polar surface area (TPSA) is 126 Å². The van der Waals surface area contributed by atoms with Crippen molar-refractivity contribution in [2.24, 2.45) is 0 Å². The number of ketones is 1. The molecule has 3 rings (SSSR count). The van der Waals surface area contributed by atoms with Crippen LogP contribution in [0.1, 0.15) is 21.5 Å². The number of benzene rings is 2. The molecule has 1 aromatic heterocycles. The van der Waals surface area contributed by atoms with Gasteiger partial charge in [0, 0.05) is 0 Å². The molecular formula is C20H19O8P. The summed E-state index contributed by atoms with van der Waals surface area (Å²) in [4.78, 5) is 31.1. The summed E-state index contributed by atoms with van der Waals surface area (Å²) < 4.78 is 27.0. The molecule has 0 unspecified atom stereocenters. The number of hydrogen-bond donors (Lipinski definition) is 3. The quantitative estimate of drug-likeness (QED) is 0.301. The summed E-state index contributed by atoms with van der Waals surface area (Å²) in [6.45, 7) is 0. The fraction of sp³-hybridized carbons (Fsp3) is 0.150. The van der Waals surface area contributed by atoms with Crippen LogP contribution in [0.3, 0.4) is 0 Å². The van der Waals surface area contributed by atoms with Gasteiger partial charge in [-0.05, 0) is 23.3 Å². The summed E-state index contributed by atoms with van der Waals surface area (Å²) in [6.07, 6.45) is 3.72. The van der Waals surface area contributed by atoms with E-state index in [0.29, 0.717) is 16.5 Å². The molecule has 29 heavy (non-hydrogen) atoms. The van der Waals surface area contributed by atoms with E-state index in [1.54, 1.807) is 30.3 Å². The molecular weight excluding hydrogens is 399 g/mol. The monoisotopic (exact) mass is 418 g/mol. The van der Waals surface area contributed by atoms with Crippen LogP contribution >= 0.6 is 7.60 Å². The van der Waals surface area contributed by atoms with Crippen molar-refractivity contribution in [3.63, 3.8) is 0 Å². The molecule has 0 aliphatic carbocycles. The lowest BCUT2D eigenvalue weighted by Crippen LogP contribution is -2.02. The van der Waals surface area contributed by atoms with Crippen molar-refractivity contribution in [3.05, 3.63) is 59.4 Å². The average molecular weight is 418 g/mol. The zero-order valence-corrected chi connectivity index (χ0v) is 16.6. The zero-order valence-electron chi connectivity index (χ0n) is 15.7. The highest BCUT2D eigenvalue weighted by Crippen LogP contribution is 2.46. The Hall–Kier alpha value is -3.06. The first-order chi connectivity index (χ1) is 13.7. The molecule has 0 amide bonds. The average Bonchev–Trinajstić information content (AvgIpc) is 3.13. The zero-order chi connectivity index (χ0) is 21.2. The lowest BCUT2D eigenvalue weighted by atomic mass is 10.0. The van der Waals surface area contributed by atoms with Crippen LogP contribution in [0, 0.1) is 0 Å². The molecule has 0 aliphatic heterocycles. The van der Waals surface area contributed by atoms with E-state index in [0.717, 1.165) is 0 Å². The van der Waals surface area contributed by atoms with Crippen LogP contribution in [0.4, 0.5) is 0 Å². The van der Waals surface area contributed by atoms with Crippen LogP contribution in [0.25, 0.3) is 17.0 Å². The first kappa shape index (κ1) is 20.7. The van der Waals surface area contributed by atoms with Gasteiger partial charge in [-0.1, -0.05) is 30.3 Å².